The quantitative estimate of drug-likeness (QED) is 0.310. The van der Waals surface area contributed by atoms with Crippen LogP contribution in [-0.4, -0.2) is 51.4 Å². The summed E-state index contributed by atoms with van der Waals surface area (Å²) in [5, 5.41) is 14.6. The van der Waals surface area contributed by atoms with Crippen molar-refractivity contribution in [3.63, 3.8) is 0 Å². The predicted octanol–water partition coefficient (Wildman–Crippen LogP) is 4.19. The van der Waals surface area contributed by atoms with E-state index in [1.165, 1.54) is 23.5 Å². The van der Waals surface area contributed by atoms with Crippen molar-refractivity contribution in [2.75, 3.05) is 19.1 Å². The van der Waals surface area contributed by atoms with E-state index in [-0.39, 0.29) is 29.6 Å². The van der Waals surface area contributed by atoms with E-state index in [0.29, 0.717) is 17.0 Å². The fourth-order valence-electron chi connectivity index (χ4n) is 3.30. The Balaban J connectivity index is 1.84. The van der Waals surface area contributed by atoms with Gasteiger partial charge in [-0.15, -0.1) is 23.5 Å². The third-order valence-electron chi connectivity index (χ3n) is 4.82. The van der Waals surface area contributed by atoms with Gasteiger partial charge >= 0.3 is 5.97 Å². The van der Waals surface area contributed by atoms with Gasteiger partial charge in [-0.05, 0) is 38.3 Å². The molecular formula is C20H20N4O4S2. The van der Waals surface area contributed by atoms with E-state index >= 15 is 0 Å². The molecule has 2 aromatic heterocycles. The van der Waals surface area contributed by atoms with Crippen LogP contribution in [0.3, 0.4) is 0 Å². The molecule has 4 rings (SSSR count). The topological polar surface area (TPSA) is 111 Å². The highest BCUT2D eigenvalue weighted by atomic mass is 32.2. The molecule has 0 atom stereocenters. The first-order valence-corrected chi connectivity index (χ1v) is 11.9. The van der Waals surface area contributed by atoms with Gasteiger partial charge in [0.15, 0.2) is 11.5 Å². The largest absolute Gasteiger partial charge is 0.461 e. The number of carbonyl (C=O) groups is 2. The van der Waals surface area contributed by atoms with Gasteiger partial charge in [0.05, 0.1) is 12.8 Å². The van der Waals surface area contributed by atoms with Crippen LogP contribution in [0.2, 0.25) is 0 Å². The van der Waals surface area contributed by atoms with Gasteiger partial charge in [0.25, 0.3) is 0 Å². The number of hydrogen-bond acceptors (Lipinski definition) is 9. The summed E-state index contributed by atoms with van der Waals surface area (Å²) in [5.41, 5.74) is 2.24. The maximum atomic E-state index is 13.7. The number of ether oxygens (including phenoxy) is 1. The molecule has 2 heterocycles. The SMILES string of the molecule is CCOC(=O)c1noc(C2CC2)c1C(=O)c1ccc(-c2cn[nH]n2)c(SC)c1SC. The Kier molecular flexibility index (Phi) is 5.96. The number of esters is 1. The minimum Gasteiger partial charge on any atom is -0.461 e. The molecule has 30 heavy (non-hydrogen) atoms. The van der Waals surface area contributed by atoms with Crippen molar-refractivity contribution in [2.24, 2.45) is 0 Å². The molecule has 1 aromatic carbocycles. The molecule has 0 unspecified atom stereocenters. The summed E-state index contributed by atoms with van der Waals surface area (Å²) in [5.74, 6) is -0.341. The summed E-state index contributed by atoms with van der Waals surface area (Å²) in [7, 11) is 0. The van der Waals surface area contributed by atoms with Crippen LogP contribution in [-0.2, 0) is 4.74 Å². The van der Waals surface area contributed by atoms with Crippen molar-refractivity contribution in [3.8, 4) is 11.3 Å². The van der Waals surface area contributed by atoms with Crippen molar-refractivity contribution in [1.82, 2.24) is 20.6 Å². The predicted molar refractivity (Wildman–Crippen MR) is 113 cm³/mol. The maximum Gasteiger partial charge on any atom is 0.361 e. The zero-order valence-electron chi connectivity index (χ0n) is 16.7. The van der Waals surface area contributed by atoms with Crippen molar-refractivity contribution in [1.29, 1.82) is 0 Å². The van der Waals surface area contributed by atoms with Gasteiger partial charge in [0, 0.05) is 26.8 Å². The summed E-state index contributed by atoms with van der Waals surface area (Å²) in [6, 6.07) is 3.61. The third-order valence-corrected chi connectivity index (χ3v) is 6.61. The molecule has 1 aliphatic rings. The average molecular weight is 445 g/mol. The van der Waals surface area contributed by atoms with Gasteiger partial charge in [0.2, 0.25) is 5.69 Å². The molecule has 8 nitrogen and oxygen atoms in total. The highest BCUT2D eigenvalue weighted by molar-refractivity contribution is 8.01. The van der Waals surface area contributed by atoms with E-state index in [4.69, 9.17) is 9.26 Å². The van der Waals surface area contributed by atoms with Gasteiger partial charge in [-0.3, -0.25) is 4.79 Å². The van der Waals surface area contributed by atoms with Crippen LogP contribution in [0.5, 0.6) is 0 Å². The molecule has 0 saturated heterocycles. The molecule has 0 spiro atoms. The van der Waals surface area contributed by atoms with Crippen LogP contribution in [0.1, 0.15) is 57.9 Å². The monoisotopic (exact) mass is 444 g/mol. The molecule has 3 aromatic rings. The van der Waals surface area contributed by atoms with Crippen molar-refractivity contribution in [3.05, 3.63) is 40.9 Å². The Bertz CT molecular complexity index is 1090. The first-order valence-electron chi connectivity index (χ1n) is 9.43. The van der Waals surface area contributed by atoms with E-state index in [1.807, 2.05) is 18.6 Å². The summed E-state index contributed by atoms with van der Waals surface area (Å²) >= 11 is 3.00. The van der Waals surface area contributed by atoms with Gasteiger partial charge in [-0.25, -0.2) is 4.79 Å². The number of H-pyrrole nitrogens is 1. The van der Waals surface area contributed by atoms with E-state index in [9.17, 15) is 9.59 Å². The molecule has 0 aliphatic heterocycles. The normalized spacial score (nSPS) is 13.4. The Morgan fingerprint density at radius 3 is 2.60 bits per heavy atom. The van der Waals surface area contributed by atoms with Crippen LogP contribution in [0, 0.1) is 0 Å². The minimum atomic E-state index is -0.647. The van der Waals surface area contributed by atoms with Crippen molar-refractivity contribution in [2.45, 2.75) is 35.5 Å². The van der Waals surface area contributed by atoms with Crippen LogP contribution in [0.25, 0.3) is 11.3 Å². The number of rotatable bonds is 8. The number of aromatic amines is 1. The lowest BCUT2D eigenvalue weighted by atomic mass is 9.98. The standard InChI is InChI=1S/C20H20N4O4S2/c1-4-27-20(26)15-14(17(28-23-15)10-5-6-10)16(25)12-8-7-11(13-9-21-24-22-13)18(29-2)19(12)30-3/h7-10H,4-6H2,1-3H3,(H,21,22,24). The Morgan fingerprint density at radius 2 is 2.00 bits per heavy atom. The third kappa shape index (κ3) is 3.65. The number of nitrogens with zero attached hydrogens (tertiary/aromatic N) is 3. The molecule has 0 radical (unpaired) electrons. The van der Waals surface area contributed by atoms with Gasteiger partial charge in [-0.2, -0.15) is 15.4 Å². The molecule has 1 N–H and O–H groups in total. The second kappa shape index (κ2) is 8.65. The van der Waals surface area contributed by atoms with Gasteiger partial charge in [-0.1, -0.05) is 11.2 Å². The number of nitrogens with one attached hydrogen (secondary N) is 1. The zero-order chi connectivity index (χ0) is 21.3. The van der Waals surface area contributed by atoms with Crippen LogP contribution < -0.4 is 0 Å². The Hall–Kier alpha value is -2.59. The van der Waals surface area contributed by atoms with E-state index in [0.717, 1.165) is 28.2 Å². The zero-order valence-corrected chi connectivity index (χ0v) is 18.4. The van der Waals surface area contributed by atoms with E-state index < -0.39 is 5.97 Å². The minimum absolute atomic E-state index is 0.0536. The smallest absolute Gasteiger partial charge is 0.361 e. The number of hydrogen-bond donors (Lipinski definition) is 1. The first-order chi connectivity index (χ1) is 14.6. The number of aromatic nitrogens is 4. The Morgan fingerprint density at radius 1 is 1.23 bits per heavy atom. The summed E-state index contributed by atoms with van der Waals surface area (Å²) in [6.07, 6.45) is 7.33. The lowest BCUT2D eigenvalue weighted by molar-refractivity contribution is 0.0512. The molecule has 156 valence electrons. The fourth-order valence-corrected chi connectivity index (χ4v) is 5.16. The molecular weight excluding hydrogens is 424 g/mol. The number of thioether (sulfide) groups is 2. The van der Waals surface area contributed by atoms with Crippen LogP contribution in [0.15, 0.2) is 32.6 Å². The van der Waals surface area contributed by atoms with Gasteiger partial charge in [0.1, 0.15) is 11.3 Å². The second-order valence-corrected chi connectivity index (χ2v) is 8.31. The second-order valence-electron chi connectivity index (χ2n) is 6.68. The van der Waals surface area contributed by atoms with E-state index in [1.54, 1.807) is 19.2 Å². The highest BCUT2D eigenvalue weighted by Crippen LogP contribution is 2.44. The fraction of sp³-hybridized carbons (Fsp3) is 0.350. The lowest BCUT2D eigenvalue weighted by Gasteiger charge is -2.14. The highest BCUT2D eigenvalue weighted by Gasteiger charge is 2.38. The molecule has 1 fully saturated rings. The summed E-state index contributed by atoms with van der Waals surface area (Å²) < 4.78 is 10.5. The molecule has 1 saturated carbocycles. The molecule has 0 bridgehead atoms. The molecule has 1 aliphatic carbocycles. The number of benzene rings is 1. The molecule has 10 heteroatoms. The Labute approximate surface area is 181 Å². The van der Waals surface area contributed by atoms with E-state index in [2.05, 4.69) is 20.6 Å². The average Bonchev–Trinajstić information content (AvgIpc) is 3.27. The van der Waals surface area contributed by atoms with Crippen LogP contribution in [0.4, 0.5) is 0 Å². The molecule has 0 amide bonds. The maximum absolute atomic E-state index is 13.7. The summed E-state index contributed by atoms with van der Waals surface area (Å²) in [6.45, 7) is 1.90. The summed E-state index contributed by atoms with van der Waals surface area (Å²) in [4.78, 5) is 27.8. The van der Waals surface area contributed by atoms with Crippen molar-refractivity contribution < 1.29 is 18.8 Å². The lowest BCUT2D eigenvalue weighted by Crippen LogP contribution is -2.14. The number of carbonyl (C=O) groups excluding carboxylic acids is 2. The first kappa shape index (κ1) is 20.7. The number of ketones is 1. The van der Waals surface area contributed by atoms with Crippen molar-refractivity contribution >= 4 is 35.3 Å². The van der Waals surface area contributed by atoms with Gasteiger partial charge < -0.3 is 9.26 Å². The van der Waals surface area contributed by atoms with Crippen LogP contribution >= 0.6 is 23.5 Å².